The van der Waals surface area contributed by atoms with Crippen molar-refractivity contribution in [3.8, 4) is 11.5 Å². The van der Waals surface area contributed by atoms with Crippen LogP contribution in [0.5, 0.6) is 11.5 Å². The molecule has 0 radical (unpaired) electrons. The van der Waals surface area contributed by atoms with Crippen molar-refractivity contribution >= 4 is 11.8 Å². The molecule has 0 spiro atoms. The van der Waals surface area contributed by atoms with Crippen molar-refractivity contribution in [2.75, 3.05) is 18.1 Å². The summed E-state index contributed by atoms with van der Waals surface area (Å²) in [5.41, 5.74) is 0.802. The Morgan fingerprint density at radius 1 is 1.47 bits per heavy atom. The zero-order valence-electron chi connectivity index (χ0n) is 10.0. The first kappa shape index (κ1) is 13.9. The molecule has 1 unspecified atom stereocenters. The maximum absolute atomic E-state index is 9.68. The van der Waals surface area contributed by atoms with Gasteiger partial charge in [-0.1, -0.05) is 12.1 Å². The fraction of sp³-hybridized carbons (Fsp3) is 0.385. The van der Waals surface area contributed by atoms with E-state index in [0.717, 1.165) is 23.6 Å². The Morgan fingerprint density at radius 2 is 2.24 bits per heavy atom. The topological polar surface area (TPSA) is 52.5 Å². The lowest BCUT2D eigenvalue weighted by atomic mass is 10.1. The maximum atomic E-state index is 9.68. The van der Waals surface area contributed by atoms with Gasteiger partial charge in [-0.05, 0) is 13.0 Å². The minimum Gasteiger partial charge on any atom is -0.508 e. The molecule has 0 aliphatic heterocycles. The summed E-state index contributed by atoms with van der Waals surface area (Å²) in [4.78, 5) is 0. The van der Waals surface area contributed by atoms with Crippen LogP contribution >= 0.6 is 11.8 Å². The second-order valence-corrected chi connectivity index (χ2v) is 4.93. The van der Waals surface area contributed by atoms with Gasteiger partial charge < -0.3 is 15.5 Å². The van der Waals surface area contributed by atoms with Gasteiger partial charge in [0, 0.05) is 35.7 Å². The minimum atomic E-state index is 0.0694. The summed E-state index contributed by atoms with van der Waals surface area (Å²) < 4.78 is 0. The quantitative estimate of drug-likeness (QED) is 0.516. The summed E-state index contributed by atoms with van der Waals surface area (Å²) >= 11 is 1.81. The maximum Gasteiger partial charge on any atom is 0.124 e. The molecule has 0 fully saturated rings. The van der Waals surface area contributed by atoms with Crippen LogP contribution in [0.2, 0.25) is 0 Å². The minimum absolute atomic E-state index is 0.0694. The van der Waals surface area contributed by atoms with Crippen molar-refractivity contribution in [2.24, 2.45) is 0 Å². The molecule has 0 bridgehead atoms. The van der Waals surface area contributed by atoms with E-state index in [1.165, 1.54) is 6.07 Å². The first-order valence-electron chi connectivity index (χ1n) is 5.59. The molecule has 94 valence electrons. The highest BCUT2D eigenvalue weighted by Gasteiger charge is 2.09. The van der Waals surface area contributed by atoms with Gasteiger partial charge in [0.25, 0.3) is 0 Å². The van der Waals surface area contributed by atoms with E-state index in [2.05, 4.69) is 11.9 Å². The predicted octanol–water partition coefficient (Wildman–Crippen LogP) is 2.67. The average molecular weight is 253 g/mol. The monoisotopic (exact) mass is 253 g/mol. The van der Waals surface area contributed by atoms with Crippen LogP contribution in [0, 0.1) is 0 Å². The Labute approximate surface area is 107 Å². The van der Waals surface area contributed by atoms with Crippen molar-refractivity contribution in [1.82, 2.24) is 5.32 Å². The number of nitrogens with one attached hydrogen (secondary N) is 1. The van der Waals surface area contributed by atoms with Gasteiger partial charge in [-0.2, -0.15) is 11.8 Å². The smallest absolute Gasteiger partial charge is 0.124 e. The molecule has 1 aromatic rings. The summed E-state index contributed by atoms with van der Waals surface area (Å²) in [6, 6.07) is 4.75. The standard InChI is InChI=1S/C13H19NO2S/c1-3-7-17-8-6-14-10(2)12-5-4-11(15)9-13(12)16/h3-5,9-10,14-16H,1,6-8H2,2H3. The number of phenolic OH excluding ortho intramolecular Hbond substituents is 2. The second-order valence-electron chi connectivity index (χ2n) is 3.78. The number of thioether (sulfide) groups is 1. The molecular weight excluding hydrogens is 234 g/mol. The van der Waals surface area contributed by atoms with Crippen molar-refractivity contribution in [3.05, 3.63) is 36.4 Å². The largest absolute Gasteiger partial charge is 0.508 e. The van der Waals surface area contributed by atoms with Crippen LogP contribution in [0.15, 0.2) is 30.9 Å². The Hall–Kier alpha value is -1.13. The highest BCUT2D eigenvalue weighted by atomic mass is 32.2. The van der Waals surface area contributed by atoms with E-state index >= 15 is 0 Å². The molecule has 0 amide bonds. The van der Waals surface area contributed by atoms with Crippen LogP contribution in [-0.4, -0.2) is 28.3 Å². The molecule has 0 saturated heterocycles. The third-order valence-electron chi connectivity index (χ3n) is 2.41. The van der Waals surface area contributed by atoms with E-state index in [0.29, 0.717) is 0 Å². The average Bonchev–Trinajstić information content (AvgIpc) is 2.28. The van der Waals surface area contributed by atoms with Crippen LogP contribution in [0.3, 0.4) is 0 Å². The zero-order valence-corrected chi connectivity index (χ0v) is 10.8. The van der Waals surface area contributed by atoms with Crippen molar-refractivity contribution < 1.29 is 10.2 Å². The third kappa shape index (κ3) is 4.71. The van der Waals surface area contributed by atoms with E-state index in [9.17, 15) is 10.2 Å². The molecule has 3 N–H and O–H groups in total. The summed E-state index contributed by atoms with van der Waals surface area (Å²) in [7, 11) is 0. The van der Waals surface area contributed by atoms with E-state index in [-0.39, 0.29) is 17.5 Å². The number of phenols is 2. The van der Waals surface area contributed by atoms with E-state index in [1.807, 2.05) is 24.8 Å². The molecule has 4 heteroatoms. The highest BCUT2D eigenvalue weighted by molar-refractivity contribution is 7.99. The van der Waals surface area contributed by atoms with Crippen LogP contribution < -0.4 is 5.32 Å². The van der Waals surface area contributed by atoms with Gasteiger partial charge >= 0.3 is 0 Å². The van der Waals surface area contributed by atoms with E-state index in [4.69, 9.17) is 0 Å². The zero-order chi connectivity index (χ0) is 12.7. The number of hydrogen-bond acceptors (Lipinski definition) is 4. The van der Waals surface area contributed by atoms with Crippen molar-refractivity contribution in [2.45, 2.75) is 13.0 Å². The van der Waals surface area contributed by atoms with Crippen LogP contribution in [0.4, 0.5) is 0 Å². The second kappa shape index (κ2) is 7.25. The van der Waals surface area contributed by atoms with Gasteiger partial charge in [-0.3, -0.25) is 0 Å². The van der Waals surface area contributed by atoms with Crippen LogP contribution in [-0.2, 0) is 0 Å². The summed E-state index contributed by atoms with van der Waals surface area (Å²) in [5.74, 6) is 2.18. The summed E-state index contributed by atoms with van der Waals surface area (Å²) in [5, 5.41) is 22.2. The van der Waals surface area contributed by atoms with E-state index < -0.39 is 0 Å². The molecule has 0 heterocycles. The van der Waals surface area contributed by atoms with Crippen LogP contribution in [0.25, 0.3) is 0 Å². The highest BCUT2D eigenvalue weighted by Crippen LogP contribution is 2.27. The third-order valence-corrected chi connectivity index (χ3v) is 3.38. The molecule has 1 atom stereocenters. The number of benzene rings is 1. The predicted molar refractivity (Wildman–Crippen MR) is 73.7 cm³/mol. The SMILES string of the molecule is C=CCSCCNC(C)c1ccc(O)cc1O. The molecule has 0 saturated carbocycles. The van der Waals surface area contributed by atoms with Crippen LogP contribution in [0.1, 0.15) is 18.5 Å². The molecule has 1 rings (SSSR count). The number of rotatable bonds is 7. The van der Waals surface area contributed by atoms with Gasteiger partial charge in [-0.15, -0.1) is 6.58 Å². The Morgan fingerprint density at radius 3 is 2.88 bits per heavy atom. The molecule has 3 nitrogen and oxygen atoms in total. The number of hydrogen-bond donors (Lipinski definition) is 3. The lowest BCUT2D eigenvalue weighted by Gasteiger charge is -2.15. The lowest BCUT2D eigenvalue weighted by Crippen LogP contribution is -2.21. The molecule has 1 aromatic carbocycles. The number of aromatic hydroxyl groups is 2. The lowest BCUT2D eigenvalue weighted by molar-refractivity contribution is 0.437. The first-order valence-corrected chi connectivity index (χ1v) is 6.74. The molecule has 0 aliphatic carbocycles. The molecule has 17 heavy (non-hydrogen) atoms. The van der Waals surface area contributed by atoms with Gasteiger partial charge in [0.1, 0.15) is 11.5 Å². The van der Waals surface area contributed by atoms with Gasteiger partial charge in [0.05, 0.1) is 0 Å². The Balaban J connectivity index is 2.41. The summed E-state index contributed by atoms with van der Waals surface area (Å²) in [6.07, 6.45) is 1.89. The summed E-state index contributed by atoms with van der Waals surface area (Å²) in [6.45, 7) is 6.53. The van der Waals surface area contributed by atoms with Gasteiger partial charge in [-0.25, -0.2) is 0 Å². The van der Waals surface area contributed by atoms with E-state index in [1.54, 1.807) is 12.1 Å². The van der Waals surface area contributed by atoms with Gasteiger partial charge in [0.2, 0.25) is 0 Å². The van der Waals surface area contributed by atoms with Gasteiger partial charge in [0.15, 0.2) is 0 Å². The van der Waals surface area contributed by atoms with Crippen molar-refractivity contribution in [1.29, 1.82) is 0 Å². The molecular formula is C13H19NO2S. The fourth-order valence-corrected chi connectivity index (χ4v) is 2.12. The normalized spacial score (nSPS) is 12.3. The fourth-order valence-electron chi connectivity index (χ4n) is 1.52. The first-order chi connectivity index (χ1) is 8.15. The molecule has 0 aliphatic rings. The van der Waals surface area contributed by atoms with Crippen molar-refractivity contribution in [3.63, 3.8) is 0 Å². The Bertz CT molecular complexity index is 368. The Kier molecular flexibility index (Phi) is 5.94. The molecule has 0 aromatic heterocycles.